The highest BCUT2D eigenvalue weighted by Crippen LogP contribution is 2.30. The Labute approximate surface area is 199 Å². The summed E-state index contributed by atoms with van der Waals surface area (Å²) >= 11 is 1.91. The first kappa shape index (κ1) is 24.6. The van der Waals surface area contributed by atoms with Crippen molar-refractivity contribution in [3.05, 3.63) is 108 Å². The number of nitrogens with two attached hydrogens (primary N) is 1. The number of benzene rings is 3. The van der Waals surface area contributed by atoms with E-state index >= 15 is 0 Å². The molecule has 3 N–H and O–H groups in total. The second kappa shape index (κ2) is 14.2. The molecule has 170 valence electrons. The molecule has 0 heterocycles. The van der Waals surface area contributed by atoms with Gasteiger partial charge in [-0.1, -0.05) is 91.0 Å². The molecule has 0 saturated carbocycles. The first-order chi connectivity index (χ1) is 15.8. The van der Waals surface area contributed by atoms with Gasteiger partial charge in [-0.25, -0.2) is 0 Å². The van der Waals surface area contributed by atoms with E-state index in [2.05, 4.69) is 103 Å². The van der Waals surface area contributed by atoms with E-state index in [1.807, 2.05) is 11.8 Å². The predicted molar refractivity (Wildman–Crippen MR) is 141 cm³/mol. The van der Waals surface area contributed by atoms with Gasteiger partial charge in [-0.15, -0.1) is 0 Å². The molecule has 0 radical (unpaired) electrons. The zero-order chi connectivity index (χ0) is 22.4. The number of hydrogen-bond donors (Lipinski definition) is 2. The lowest BCUT2D eigenvalue weighted by Gasteiger charge is -2.27. The lowest BCUT2D eigenvalue weighted by atomic mass is 9.85. The molecule has 0 aliphatic carbocycles. The highest BCUT2D eigenvalue weighted by Gasteiger charge is 2.20. The summed E-state index contributed by atoms with van der Waals surface area (Å²) in [6.45, 7) is 1.02. The minimum Gasteiger partial charge on any atom is -0.326 e. The van der Waals surface area contributed by atoms with Crippen molar-refractivity contribution in [1.82, 2.24) is 5.32 Å². The Kier molecular flexibility index (Phi) is 10.9. The van der Waals surface area contributed by atoms with E-state index < -0.39 is 0 Å². The van der Waals surface area contributed by atoms with Crippen molar-refractivity contribution in [2.45, 2.75) is 50.1 Å². The van der Waals surface area contributed by atoms with Crippen LogP contribution in [0.5, 0.6) is 0 Å². The zero-order valence-electron chi connectivity index (χ0n) is 19.3. The molecule has 2 nitrogen and oxygen atoms in total. The van der Waals surface area contributed by atoms with Crippen molar-refractivity contribution in [2.24, 2.45) is 5.73 Å². The van der Waals surface area contributed by atoms with E-state index in [1.165, 1.54) is 16.7 Å². The smallest absolute Gasteiger partial charge is 0.0226 e. The van der Waals surface area contributed by atoms with Gasteiger partial charge in [0.15, 0.2) is 0 Å². The third kappa shape index (κ3) is 8.12. The highest BCUT2D eigenvalue weighted by atomic mass is 32.2. The molecule has 3 aromatic carbocycles. The van der Waals surface area contributed by atoms with Crippen LogP contribution in [0.15, 0.2) is 91.0 Å². The molecule has 0 saturated heterocycles. The van der Waals surface area contributed by atoms with Gasteiger partial charge in [-0.05, 0) is 67.3 Å². The van der Waals surface area contributed by atoms with Crippen molar-refractivity contribution < 1.29 is 0 Å². The normalized spacial score (nSPS) is 13.2. The van der Waals surface area contributed by atoms with Crippen LogP contribution in [-0.4, -0.2) is 30.6 Å². The molecule has 3 aromatic rings. The van der Waals surface area contributed by atoms with Crippen LogP contribution in [-0.2, 0) is 6.42 Å². The predicted octanol–water partition coefficient (Wildman–Crippen LogP) is 6.27. The average Bonchev–Trinajstić information content (AvgIpc) is 2.85. The van der Waals surface area contributed by atoms with Crippen LogP contribution in [0.4, 0.5) is 0 Å². The van der Waals surface area contributed by atoms with Gasteiger partial charge in [0.25, 0.3) is 0 Å². The molecular formula is C29H38N2S. The van der Waals surface area contributed by atoms with Gasteiger partial charge in [-0.3, -0.25) is 0 Å². The van der Waals surface area contributed by atoms with Gasteiger partial charge in [0.1, 0.15) is 0 Å². The number of rotatable bonds is 14. The summed E-state index contributed by atoms with van der Waals surface area (Å²) in [4.78, 5) is 0. The van der Waals surface area contributed by atoms with Crippen LogP contribution in [0, 0.1) is 0 Å². The van der Waals surface area contributed by atoms with E-state index in [-0.39, 0.29) is 6.04 Å². The summed E-state index contributed by atoms with van der Waals surface area (Å²) < 4.78 is 0. The van der Waals surface area contributed by atoms with Crippen LogP contribution in [0.1, 0.15) is 48.3 Å². The minimum absolute atomic E-state index is 0.161. The molecule has 0 bridgehead atoms. The molecule has 2 unspecified atom stereocenters. The van der Waals surface area contributed by atoms with Gasteiger partial charge in [0.05, 0.1) is 0 Å². The fraction of sp³-hybridized carbons (Fsp3) is 0.379. The maximum Gasteiger partial charge on any atom is 0.0226 e. The van der Waals surface area contributed by atoms with Crippen molar-refractivity contribution >= 4 is 11.8 Å². The van der Waals surface area contributed by atoms with Crippen molar-refractivity contribution in [3.63, 3.8) is 0 Å². The Morgan fingerprint density at radius 3 is 1.88 bits per heavy atom. The Morgan fingerprint density at radius 1 is 0.750 bits per heavy atom. The van der Waals surface area contributed by atoms with Gasteiger partial charge < -0.3 is 11.1 Å². The largest absolute Gasteiger partial charge is 0.326 e. The standard InChI is InChI=1S/C29H38N2S/c1-32-23-21-29(31-22-11-14-24-12-5-2-6-13-24)28(30)20-19-27(25-15-7-3-8-16-25)26-17-9-4-10-18-26/h2-10,12-13,15-18,27-29,31H,11,14,19-23,30H2,1H3. The third-order valence-electron chi connectivity index (χ3n) is 6.23. The van der Waals surface area contributed by atoms with Crippen molar-refractivity contribution in [1.29, 1.82) is 0 Å². The lowest BCUT2D eigenvalue weighted by molar-refractivity contribution is 0.389. The summed E-state index contributed by atoms with van der Waals surface area (Å²) in [6, 6.07) is 33.0. The Hall–Kier alpha value is -2.07. The lowest BCUT2D eigenvalue weighted by Crippen LogP contribution is -2.46. The van der Waals surface area contributed by atoms with E-state index in [0.29, 0.717) is 12.0 Å². The number of aryl methyl sites for hydroxylation is 1. The van der Waals surface area contributed by atoms with Crippen LogP contribution in [0.3, 0.4) is 0 Å². The first-order valence-electron chi connectivity index (χ1n) is 11.9. The maximum absolute atomic E-state index is 6.78. The highest BCUT2D eigenvalue weighted by molar-refractivity contribution is 7.98. The molecule has 0 fully saturated rings. The molecule has 0 aliphatic rings. The molecule has 3 heteroatoms. The molecule has 32 heavy (non-hydrogen) atoms. The van der Waals surface area contributed by atoms with Gasteiger partial charge in [0, 0.05) is 18.0 Å². The number of nitrogens with one attached hydrogen (secondary N) is 1. The Bertz CT molecular complexity index is 815. The minimum atomic E-state index is 0.161. The maximum atomic E-state index is 6.78. The topological polar surface area (TPSA) is 38.0 Å². The van der Waals surface area contributed by atoms with Gasteiger partial charge >= 0.3 is 0 Å². The third-order valence-corrected chi connectivity index (χ3v) is 6.88. The molecule has 3 rings (SSSR count). The van der Waals surface area contributed by atoms with E-state index in [1.54, 1.807) is 0 Å². The van der Waals surface area contributed by atoms with Gasteiger partial charge in [-0.2, -0.15) is 11.8 Å². The van der Waals surface area contributed by atoms with Crippen LogP contribution >= 0.6 is 11.8 Å². The summed E-state index contributed by atoms with van der Waals surface area (Å²) in [5.41, 5.74) is 10.9. The van der Waals surface area contributed by atoms with E-state index in [9.17, 15) is 0 Å². The fourth-order valence-electron chi connectivity index (χ4n) is 4.39. The van der Waals surface area contributed by atoms with E-state index in [0.717, 1.165) is 44.4 Å². The summed E-state index contributed by atoms with van der Waals surface area (Å²) in [5, 5.41) is 3.79. The van der Waals surface area contributed by atoms with Gasteiger partial charge in [0.2, 0.25) is 0 Å². The molecular weight excluding hydrogens is 408 g/mol. The zero-order valence-corrected chi connectivity index (χ0v) is 20.1. The Morgan fingerprint density at radius 2 is 1.31 bits per heavy atom. The van der Waals surface area contributed by atoms with Crippen molar-refractivity contribution in [2.75, 3.05) is 18.6 Å². The summed E-state index contributed by atoms with van der Waals surface area (Å²) in [7, 11) is 0. The summed E-state index contributed by atoms with van der Waals surface area (Å²) in [6.07, 6.45) is 7.63. The molecule has 0 spiro atoms. The SMILES string of the molecule is CSCCC(NCCCc1ccccc1)C(N)CCC(c1ccccc1)c1ccccc1. The quantitative estimate of drug-likeness (QED) is 0.287. The molecule has 0 aliphatic heterocycles. The fourth-order valence-corrected chi connectivity index (χ4v) is 4.88. The van der Waals surface area contributed by atoms with Crippen LogP contribution < -0.4 is 11.1 Å². The second-order valence-corrected chi connectivity index (χ2v) is 9.53. The van der Waals surface area contributed by atoms with Crippen molar-refractivity contribution in [3.8, 4) is 0 Å². The first-order valence-corrected chi connectivity index (χ1v) is 13.3. The van der Waals surface area contributed by atoms with Crippen LogP contribution in [0.2, 0.25) is 0 Å². The molecule has 2 atom stereocenters. The number of hydrogen-bond acceptors (Lipinski definition) is 3. The molecule has 0 amide bonds. The number of thioether (sulfide) groups is 1. The summed E-state index contributed by atoms with van der Waals surface area (Å²) in [5.74, 6) is 1.54. The monoisotopic (exact) mass is 446 g/mol. The van der Waals surface area contributed by atoms with E-state index in [4.69, 9.17) is 5.73 Å². The molecule has 0 aromatic heterocycles. The van der Waals surface area contributed by atoms with Crippen LogP contribution in [0.25, 0.3) is 0 Å². The second-order valence-electron chi connectivity index (χ2n) is 8.55. The Balaban J connectivity index is 1.56. The average molecular weight is 447 g/mol.